The summed E-state index contributed by atoms with van der Waals surface area (Å²) in [5, 5.41) is 2.82. The van der Waals surface area contributed by atoms with Crippen LogP contribution in [0.4, 0.5) is 0 Å². The van der Waals surface area contributed by atoms with Crippen LogP contribution in [0.2, 0.25) is 0 Å². The number of piperidine rings is 1. The maximum absolute atomic E-state index is 12.4. The fourth-order valence-electron chi connectivity index (χ4n) is 2.50. The molecule has 0 aromatic carbocycles. The quantitative estimate of drug-likeness (QED) is 0.714. The van der Waals surface area contributed by atoms with Crippen molar-refractivity contribution in [1.29, 1.82) is 0 Å². The minimum atomic E-state index is -3.28. The molecule has 1 saturated heterocycles. The third-order valence-corrected chi connectivity index (χ3v) is 5.64. The number of nitrogens with zero attached hydrogens (tertiary/aromatic N) is 1. The second kappa shape index (κ2) is 7.41. The fourth-order valence-corrected chi connectivity index (χ4v) is 3.68. The predicted molar refractivity (Wildman–Crippen MR) is 82.6 cm³/mol. The number of esters is 1. The summed E-state index contributed by atoms with van der Waals surface area (Å²) in [6.07, 6.45) is 1.38. The molecular formula is C14H26N2O5S. The van der Waals surface area contributed by atoms with Gasteiger partial charge in [-0.15, -0.1) is 0 Å². The van der Waals surface area contributed by atoms with Crippen LogP contribution in [0.5, 0.6) is 0 Å². The number of hydrogen-bond acceptors (Lipinski definition) is 5. The van der Waals surface area contributed by atoms with Crippen LogP contribution in [0.25, 0.3) is 0 Å². The molecule has 1 aliphatic rings. The van der Waals surface area contributed by atoms with E-state index in [1.165, 1.54) is 11.4 Å². The van der Waals surface area contributed by atoms with Gasteiger partial charge in [-0.25, -0.2) is 12.7 Å². The molecule has 8 heteroatoms. The van der Waals surface area contributed by atoms with Gasteiger partial charge in [0.25, 0.3) is 0 Å². The largest absolute Gasteiger partial charge is 0.469 e. The molecule has 0 saturated carbocycles. The lowest BCUT2D eigenvalue weighted by atomic mass is 9.95. The molecule has 0 bridgehead atoms. The van der Waals surface area contributed by atoms with Gasteiger partial charge in [0.1, 0.15) is 0 Å². The highest BCUT2D eigenvalue weighted by molar-refractivity contribution is 7.89. The zero-order valence-corrected chi connectivity index (χ0v) is 14.5. The van der Waals surface area contributed by atoms with Gasteiger partial charge in [-0.3, -0.25) is 9.59 Å². The van der Waals surface area contributed by atoms with Crippen molar-refractivity contribution in [2.45, 2.75) is 45.6 Å². The van der Waals surface area contributed by atoms with Crippen LogP contribution < -0.4 is 5.32 Å². The first kappa shape index (κ1) is 18.9. The first-order chi connectivity index (χ1) is 10.1. The van der Waals surface area contributed by atoms with Gasteiger partial charge >= 0.3 is 5.97 Å². The van der Waals surface area contributed by atoms with Gasteiger partial charge in [-0.1, -0.05) is 0 Å². The summed E-state index contributed by atoms with van der Waals surface area (Å²) >= 11 is 0. The zero-order valence-electron chi connectivity index (χ0n) is 13.7. The molecule has 1 fully saturated rings. The van der Waals surface area contributed by atoms with Crippen molar-refractivity contribution in [3.05, 3.63) is 0 Å². The van der Waals surface area contributed by atoms with E-state index >= 15 is 0 Å². The van der Waals surface area contributed by atoms with Crippen LogP contribution in [0, 0.1) is 5.92 Å². The average molecular weight is 334 g/mol. The van der Waals surface area contributed by atoms with Crippen molar-refractivity contribution >= 4 is 21.9 Å². The Labute approximate surface area is 132 Å². The minimum absolute atomic E-state index is 0.0369. The van der Waals surface area contributed by atoms with Crippen LogP contribution >= 0.6 is 0 Å². The molecule has 1 rings (SSSR count). The standard InChI is InChI=1S/C14H26N2O5S/c1-5-22(19,20)16-8-6-7-11(10-16)13(18)15-14(2,3)9-12(17)21-4/h11H,5-10H2,1-4H3,(H,15,18). The highest BCUT2D eigenvalue weighted by Gasteiger charge is 2.34. The summed E-state index contributed by atoms with van der Waals surface area (Å²) in [6.45, 7) is 5.75. The van der Waals surface area contributed by atoms with E-state index in [0.717, 1.165) is 0 Å². The summed E-state index contributed by atoms with van der Waals surface area (Å²) in [4.78, 5) is 23.7. The second-order valence-corrected chi connectivity index (χ2v) is 8.48. The molecule has 1 aliphatic heterocycles. The molecule has 7 nitrogen and oxygen atoms in total. The zero-order chi connectivity index (χ0) is 17.0. The minimum Gasteiger partial charge on any atom is -0.469 e. The van der Waals surface area contributed by atoms with Gasteiger partial charge in [0, 0.05) is 18.6 Å². The molecule has 22 heavy (non-hydrogen) atoms. The third-order valence-electron chi connectivity index (χ3n) is 3.79. The molecular weight excluding hydrogens is 308 g/mol. The van der Waals surface area contributed by atoms with Crippen molar-refractivity contribution in [2.75, 3.05) is 26.0 Å². The molecule has 1 N–H and O–H groups in total. The first-order valence-electron chi connectivity index (χ1n) is 7.48. The Bertz CT molecular complexity index is 515. The van der Waals surface area contributed by atoms with E-state index in [-0.39, 0.29) is 30.5 Å². The van der Waals surface area contributed by atoms with Crippen LogP contribution in [-0.2, 0) is 24.3 Å². The van der Waals surface area contributed by atoms with Crippen LogP contribution in [0.15, 0.2) is 0 Å². The van der Waals surface area contributed by atoms with Gasteiger partial charge in [-0.05, 0) is 33.6 Å². The molecule has 1 unspecified atom stereocenters. The van der Waals surface area contributed by atoms with Crippen molar-refractivity contribution in [2.24, 2.45) is 5.92 Å². The summed E-state index contributed by atoms with van der Waals surface area (Å²) in [7, 11) is -1.97. The van der Waals surface area contributed by atoms with Crippen LogP contribution in [0.1, 0.15) is 40.0 Å². The number of amides is 1. The van der Waals surface area contributed by atoms with E-state index in [1.54, 1.807) is 20.8 Å². The molecule has 1 atom stereocenters. The van der Waals surface area contributed by atoms with Crippen molar-refractivity contribution in [3.63, 3.8) is 0 Å². The Morgan fingerprint density at radius 3 is 2.55 bits per heavy atom. The number of methoxy groups -OCH3 is 1. The molecule has 0 aromatic heterocycles. The normalized spacial score (nSPS) is 20.5. The van der Waals surface area contributed by atoms with E-state index in [4.69, 9.17) is 0 Å². The van der Waals surface area contributed by atoms with E-state index in [9.17, 15) is 18.0 Å². The molecule has 0 radical (unpaired) electrons. The smallest absolute Gasteiger partial charge is 0.307 e. The number of hydrogen-bond donors (Lipinski definition) is 1. The Morgan fingerprint density at radius 1 is 1.36 bits per heavy atom. The van der Waals surface area contributed by atoms with E-state index in [0.29, 0.717) is 19.4 Å². The van der Waals surface area contributed by atoms with Crippen molar-refractivity contribution in [3.8, 4) is 0 Å². The molecule has 0 spiro atoms. The summed E-state index contributed by atoms with van der Waals surface area (Å²) < 4.78 is 29.8. The number of ether oxygens (including phenoxy) is 1. The average Bonchev–Trinajstić information content (AvgIpc) is 2.46. The van der Waals surface area contributed by atoms with Crippen molar-refractivity contribution in [1.82, 2.24) is 9.62 Å². The SMILES string of the molecule is CCS(=O)(=O)N1CCCC(C(=O)NC(C)(C)CC(=O)OC)C1. The van der Waals surface area contributed by atoms with Gasteiger partial charge in [0.2, 0.25) is 15.9 Å². The van der Waals surface area contributed by atoms with Crippen LogP contribution in [-0.4, -0.2) is 56.1 Å². The first-order valence-corrected chi connectivity index (χ1v) is 9.09. The maximum Gasteiger partial charge on any atom is 0.307 e. The number of carbonyl (C=O) groups excluding carboxylic acids is 2. The maximum atomic E-state index is 12.4. The van der Waals surface area contributed by atoms with Gasteiger partial charge in [0.05, 0.1) is 25.2 Å². The Morgan fingerprint density at radius 2 is 2.00 bits per heavy atom. The predicted octanol–water partition coefficient (Wildman–Crippen LogP) is 0.506. The van der Waals surface area contributed by atoms with Gasteiger partial charge < -0.3 is 10.1 Å². The topological polar surface area (TPSA) is 92.8 Å². The Balaban J connectivity index is 2.67. The Hall–Kier alpha value is -1.15. The number of carbonyl (C=O) groups is 2. The lowest BCUT2D eigenvalue weighted by molar-refractivity contribution is -0.142. The monoisotopic (exact) mass is 334 g/mol. The highest BCUT2D eigenvalue weighted by atomic mass is 32.2. The van der Waals surface area contributed by atoms with Gasteiger partial charge in [-0.2, -0.15) is 0 Å². The van der Waals surface area contributed by atoms with E-state index in [1.807, 2.05) is 0 Å². The second-order valence-electron chi connectivity index (χ2n) is 6.22. The molecule has 1 heterocycles. The highest BCUT2D eigenvalue weighted by Crippen LogP contribution is 2.21. The van der Waals surface area contributed by atoms with Crippen molar-refractivity contribution < 1.29 is 22.7 Å². The lowest BCUT2D eigenvalue weighted by Gasteiger charge is -2.33. The summed E-state index contributed by atoms with van der Waals surface area (Å²) in [5.41, 5.74) is -0.726. The van der Waals surface area contributed by atoms with Gasteiger partial charge in [0.15, 0.2) is 0 Å². The molecule has 0 aromatic rings. The number of rotatable bonds is 6. The van der Waals surface area contributed by atoms with E-state index in [2.05, 4.69) is 10.1 Å². The molecule has 0 aliphatic carbocycles. The number of sulfonamides is 1. The Kier molecular flexibility index (Phi) is 6.37. The lowest BCUT2D eigenvalue weighted by Crippen LogP contribution is -2.51. The summed E-state index contributed by atoms with van der Waals surface area (Å²) in [6, 6.07) is 0. The fraction of sp³-hybridized carbons (Fsp3) is 0.857. The molecule has 128 valence electrons. The molecule has 1 amide bonds. The number of nitrogens with one attached hydrogen (secondary N) is 1. The summed E-state index contributed by atoms with van der Waals surface area (Å²) in [5.74, 6) is -0.962. The third kappa shape index (κ3) is 5.24. The van der Waals surface area contributed by atoms with Crippen LogP contribution in [0.3, 0.4) is 0 Å². The van der Waals surface area contributed by atoms with E-state index < -0.39 is 21.5 Å².